The first kappa shape index (κ1) is 12.1. The molecule has 0 unspecified atom stereocenters. The first-order chi connectivity index (χ1) is 8.15. The molecular formula is C10H11ClN4OS. The highest BCUT2D eigenvalue weighted by molar-refractivity contribution is 7.11. The van der Waals surface area contributed by atoms with Gasteiger partial charge in [0.25, 0.3) is 5.91 Å². The van der Waals surface area contributed by atoms with E-state index >= 15 is 0 Å². The Labute approximate surface area is 107 Å². The van der Waals surface area contributed by atoms with E-state index in [9.17, 15) is 4.79 Å². The Balaban J connectivity index is 1.81. The molecule has 0 fully saturated rings. The predicted octanol–water partition coefficient (Wildman–Crippen LogP) is 1.80. The maximum absolute atomic E-state index is 11.6. The van der Waals surface area contributed by atoms with Crippen LogP contribution in [0.2, 0.25) is 5.02 Å². The molecule has 0 atom stereocenters. The fraction of sp³-hybridized carbons (Fsp3) is 0.300. The van der Waals surface area contributed by atoms with Crippen LogP contribution in [0.5, 0.6) is 0 Å². The van der Waals surface area contributed by atoms with Gasteiger partial charge in [-0.1, -0.05) is 11.6 Å². The smallest absolute Gasteiger partial charge is 0.267 e. The number of amides is 1. The molecule has 0 aliphatic heterocycles. The van der Waals surface area contributed by atoms with Gasteiger partial charge < -0.3 is 10.3 Å². The second-order valence-corrected chi connectivity index (χ2v) is 5.15. The second-order valence-electron chi connectivity index (χ2n) is 3.45. The molecule has 2 aromatic rings. The third-order valence-electron chi connectivity index (χ3n) is 2.08. The summed E-state index contributed by atoms with van der Waals surface area (Å²) in [5.41, 5.74) is 0.462. The van der Waals surface area contributed by atoms with Gasteiger partial charge in [-0.25, -0.2) is 0 Å². The summed E-state index contributed by atoms with van der Waals surface area (Å²) in [6.07, 6.45) is 2.26. The standard InChI is InChI=1S/C10H11ClN4OS/c1-6-14-15-9(17-6)2-3-12-10(16)8-4-7(11)5-13-8/h4-5,13H,2-3H2,1H3,(H,12,16). The van der Waals surface area contributed by atoms with E-state index in [0.717, 1.165) is 10.0 Å². The van der Waals surface area contributed by atoms with Crippen molar-refractivity contribution in [1.82, 2.24) is 20.5 Å². The molecule has 5 nitrogen and oxygen atoms in total. The molecule has 2 aromatic heterocycles. The number of halogens is 1. The third-order valence-corrected chi connectivity index (χ3v) is 3.20. The van der Waals surface area contributed by atoms with Gasteiger partial charge in [0.05, 0.1) is 5.02 Å². The van der Waals surface area contributed by atoms with Crippen molar-refractivity contribution in [2.45, 2.75) is 13.3 Å². The normalized spacial score (nSPS) is 10.5. The number of carbonyl (C=O) groups is 1. The van der Waals surface area contributed by atoms with E-state index in [0.29, 0.717) is 23.7 Å². The average Bonchev–Trinajstić information content (AvgIpc) is 2.88. The summed E-state index contributed by atoms with van der Waals surface area (Å²) < 4.78 is 0. The Morgan fingerprint density at radius 2 is 2.41 bits per heavy atom. The number of nitrogens with one attached hydrogen (secondary N) is 2. The zero-order valence-electron chi connectivity index (χ0n) is 9.16. The number of aromatic nitrogens is 3. The summed E-state index contributed by atoms with van der Waals surface area (Å²) in [6, 6.07) is 1.59. The number of hydrogen-bond acceptors (Lipinski definition) is 4. The van der Waals surface area contributed by atoms with Crippen molar-refractivity contribution in [2.24, 2.45) is 0 Å². The third kappa shape index (κ3) is 3.28. The molecule has 0 aliphatic carbocycles. The highest BCUT2D eigenvalue weighted by Crippen LogP contribution is 2.10. The molecule has 7 heteroatoms. The van der Waals surface area contributed by atoms with Crippen molar-refractivity contribution in [3.63, 3.8) is 0 Å². The van der Waals surface area contributed by atoms with Crippen LogP contribution in [-0.2, 0) is 6.42 Å². The minimum atomic E-state index is -0.168. The van der Waals surface area contributed by atoms with Crippen LogP contribution in [-0.4, -0.2) is 27.6 Å². The lowest BCUT2D eigenvalue weighted by Gasteiger charge is -2.00. The van der Waals surface area contributed by atoms with Gasteiger partial charge in [-0.2, -0.15) is 0 Å². The maximum atomic E-state index is 11.6. The Bertz CT molecular complexity index is 522. The van der Waals surface area contributed by atoms with Gasteiger partial charge in [-0.15, -0.1) is 21.5 Å². The van der Waals surface area contributed by atoms with Crippen LogP contribution in [0.25, 0.3) is 0 Å². The van der Waals surface area contributed by atoms with Gasteiger partial charge in [0, 0.05) is 19.2 Å². The fourth-order valence-electron chi connectivity index (χ4n) is 1.32. The topological polar surface area (TPSA) is 70.7 Å². The van der Waals surface area contributed by atoms with Gasteiger partial charge in [0.1, 0.15) is 15.7 Å². The average molecular weight is 271 g/mol. The molecule has 0 spiro atoms. The minimum Gasteiger partial charge on any atom is -0.356 e. The van der Waals surface area contributed by atoms with Gasteiger partial charge in [-0.05, 0) is 13.0 Å². The van der Waals surface area contributed by atoms with Crippen LogP contribution in [0.15, 0.2) is 12.3 Å². The lowest BCUT2D eigenvalue weighted by molar-refractivity contribution is 0.0950. The molecule has 2 heterocycles. The lowest BCUT2D eigenvalue weighted by Crippen LogP contribution is -2.25. The molecule has 2 N–H and O–H groups in total. The number of carbonyl (C=O) groups excluding carboxylic acids is 1. The summed E-state index contributed by atoms with van der Waals surface area (Å²) in [5, 5.41) is 13.0. The minimum absolute atomic E-state index is 0.168. The summed E-state index contributed by atoms with van der Waals surface area (Å²) in [4.78, 5) is 14.4. The van der Waals surface area contributed by atoms with Crippen molar-refractivity contribution >= 4 is 28.8 Å². The van der Waals surface area contributed by atoms with E-state index in [1.165, 1.54) is 11.3 Å². The van der Waals surface area contributed by atoms with E-state index in [-0.39, 0.29) is 5.91 Å². The summed E-state index contributed by atoms with van der Waals surface area (Å²) in [7, 11) is 0. The van der Waals surface area contributed by atoms with Crippen LogP contribution >= 0.6 is 22.9 Å². The molecule has 0 radical (unpaired) electrons. The van der Waals surface area contributed by atoms with Crippen LogP contribution in [0.3, 0.4) is 0 Å². The van der Waals surface area contributed by atoms with Crippen LogP contribution in [0.4, 0.5) is 0 Å². The molecule has 17 heavy (non-hydrogen) atoms. The van der Waals surface area contributed by atoms with Gasteiger partial charge in [0.15, 0.2) is 0 Å². The van der Waals surface area contributed by atoms with Gasteiger partial charge in [-0.3, -0.25) is 4.79 Å². The SMILES string of the molecule is Cc1nnc(CCNC(=O)c2cc(Cl)c[nH]2)s1. The fourth-order valence-corrected chi connectivity index (χ4v) is 2.19. The molecule has 1 amide bonds. The quantitative estimate of drug-likeness (QED) is 0.890. The number of H-pyrrole nitrogens is 1. The summed E-state index contributed by atoms with van der Waals surface area (Å²) in [6.45, 7) is 2.44. The number of hydrogen-bond donors (Lipinski definition) is 2. The molecule has 2 rings (SSSR count). The van der Waals surface area contributed by atoms with E-state index < -0.39 is 0 Å². The Morgan fingerprint density at radius 1 is 1.59 bits per heavy atom. The lowest BCUT2D eigenvalue weighted by atomic mass is 10.4. The van der Waals surface area contributed by atoms with Crippen molar-refractivity contribution in [3.05, 3.63) is 33.0 Å². The van der Waals surface area contributed by atoms with Crippen LogP contribution in [0, 0.1) is 6.92 Å². The number of nitrogens with zero attached hydrogens (tertiary/aromatic N) is 2. The van der Waals surface area contributed by atoms with Crippen molar-refractivity contribution in [1.29, 1.82) is 0 Å². The first-order valence-corrected chi connectivity index (χ1v) is 6.25. The second kappa shape index (κ2) is 5.29. The highest BCUT2D eigenvalue weighted by Gasteiger charge is 2.07. The Hall–Kier alpha value is -1.40. The maximum Gasteiger partial charge on any atom is 0.267 e. The molecule has 0 saturated heterocycles. The number of aromatic amines is 1. The van der Waals surface area contributed by atoms with E-state index in [1.54, 1.807) is 12.3 Å². The van der Waals surface area contributed by atoms with Gasteiger partial charge in [0.2, 0.25) is 0 Å². The largest absolute Gasteiger partial charge is 0.356 e. The highest BCUT2D eigenvalue weighted by atomic mass is 35.5. The molecule has 0 saturated carbocycles. The van der Waals surface area contributed by atoms with Crippen molar-refractivity contribution in [2.75, 3.05) is 6.54 Å². The molecule has 0 aliphatic rings. The Kier molecular flexibility index (Phi) is 3.75. The van der Waals surface area contributed by atoms with E-state index in [2.05, 4.69) is 20.5 Å². The first-order valence-electron chi connectivity index (χ1n) is 5.06. The number of rotatable bonds is 4. The van der Waals surface area contributed by atoms with Crippen LogP contribution in [0.1, 0.15) is 20.5 Å². The summed E-state index contributed by atoms with van der Waals surface area (Å²) >= 11 is 7.25. The van der Waals surface area contributed by atoms with Crippen molar-refractivity contribution < 1.29 is 4.79 Å². The predicted molar refractivity (Wildman–Crippen MR) is 66.5 cm³/mol. The Morgan fingerprint density at radius 3 is 3.00 bits per heavy atom. The monoisotopic (exact) mass is 270 g/mol. The molecule has 0 bridgehead atoms. The molecular weight excluding hydrogens is 260 g/mol. The zero-order valence-corrected chi connectivity index (χ0v) is 10.7. The van der Waals surface area contributed by atoms with E-state index in [4.69, 9.17) is 11.6 Å². The molecule has 0 aromatic carbocycles. The van der Waals surface area contributed by atoms with Crippen molar-refractivity contribution in [3.8, 4) is 0 Å². The van der Waals surface area contributed by atoms with Gasteiger partial charge >= 0.3 is 0 Å². The van der Waals surface area contributed by atoms with Crippen LogP contribution < -0.4 is 5.32 Å². The van der Waals surface area contributed by atoms with E-state index in [1.807, 2.05) is 6.92 Å². The zero-order chi connectivity index (χ0) is 12.3. The molecule has 90 valence electrons. The summed E-state index contributed by atoms with van der Waals surface area (Å²) in [5.74, 6) is -0.168. The number of aryl methyl sites for hydroxylation is 1.